The van der Waals surface area contributed by atoms with Crippen LogP contribution in [0.1, 0.15) is 17.4 Å². The number of hydrogen-bond acceptors (Lipinski definition) is 14. The minimum absolute atomic E-state index is 0.156. The molecule has 0 radical (unpaired) electrons. The lowest BCUT2D eigenvalue weighted by atomic mass is 10.1. The molecule has 4 heterocycles. The van der Waals surface area contributed by atoms with Crippen LogP contribution < -0.4 is 5.73 Å². The molecular weight excluding hydrogens is 699 g/mol. The highest BCUT2D eigenvalue weighted by Crippen LogP contribution is 2.68. The largest absolute Gasteiger partial charge is 0.488 e. The second-order valence-corrected chi connectivity index (χ2v) is 16.3. The zero-order valence-corrected chi connectivity index (χ0v) is 28.0. The van der Waals surface area contributed by atoms with Crippen LogP contribution in [0.3, 0.4) is 0 Å². The first-order valence-corrected chi connectivity index (χ1v) is 19.9. The highest BCUT2D eigenvalue weighted by molar-refractivity contribution is 7.98. The van der Waals surface area contributed by atoms with Crippen molar-refractivity contribution >= 4 is 52.0 Å². The van der Waals surface area contributed by atoms with Crippen molar-refractivity contribution in [3.8, 4) is 0 Å². The first kappa shape index (κ1) is 34.3. The molecule has 2 saturated heterocycles. The molecule has 17 nitrogen and oxygen atoms in total. The number of hydrogen-bond donors (Lipinski definition) is 4. The second-order valence-electron chi connectivity index (χ2n) is 10.5. The molecule has 2 aliphatic rings. The van der Waals surface area contributed by atoms with Crippen molar-refractivity contribution in [2.75, 3.05) is 18.6 Å². The molecule has 4 aromatic rings. The van der Waals surface area contributed by atoms with Gasteiger partial charge < -0.3 is 34.6 Å². The fourth-order valence-electron chi connectivity index (χ4n) is 5.20. The Balaban J connectivity index is 1.18. The van der Waals surface area contributed by atoms with E-state index >= 15 is 0 Å². The van der Waals surface area contributed by atoms with Gasteiger partial charge in [-0.15, -0.1) is 0 Å². The Morgan fingerprint density at radius 2 is 1.55 bits per heavy atom. The van der Waals surface area contributed by atoms with Crippen LogP contribution >= 0.6 is 35.0 Å². The van der Waals surface area contributed by atoms with E-state index < -0.39 is 66.8 Å². The molecule has 47 heavy (non-hydrogen) atoms. The summed E-state index contributed by atoms with van der Waals surface area (Å²) in [5, 5.41) is 0.391. The average molecular weight is 730 g/mol. The van der Waals surface area contributed by atoms with Crippen LogP contribution in [-0.2, 0) is 53.6 Å². The molecule has 0 saturated carbocycles. The lowest BCUT2D eigenvalue weighted by molar-refractivity contribution is -0.149. The van der Waals surface area contributed by atoms with Crippen molar-refractivity contribution in [3.63, 3.8) is 0 Å². The first-order valence-electron chi connectivity index (χ1n) is 13.9. The number of nitrogens with two attached hydrogens (primary N) is 1. The molecule has 0 spiro atoms. The van der Waals surface area contributed by atoms with E-state index in [1.165, 1.54) is 30.2 Å². The minimum Gasteiger partial charge on any atom is -0.382 e. The number of thioether (sulfide) groups is 1. The third-order valence-electron chi connectivity index (χ3n) is 7.10. The van der Waals surface area contributed by atoms with Gasteiger partial charge in [0.15, 0.2) is 29.1 Å². The smallest absolute Gasteiger partial charge is 0.382 e. The summed E-state index contributed by atoms with van der Waals surface area (Å²) in [6.07, 6.45) is -1.42. The summed E-state index contributed by atoms with van der Waals surface area (Å²) in [5.41, 5.74) is 8.01. The van der Waals surface area contributed by atoms with Crippen molar-refractivity contribution in [2.45, 2.75) is 48.6 Å². The number of nitrogens with zero attached hydrogens (tertiary/aromatic N) is 4. The van der Waals surface area contributed by atoms with Gasteiger partial charge in [-0.25, -0.2) is 28.4 Å². The van der Waals surface area contributed by atoms with E-state index in [1.807, 2.05) is 30.3 Å². The molecule has 5 unspecified atom stereocenters. The van der Waals surface area contributed by atoms with Crippen molar-refractivity contribution in [2.24, 2.45) is 0 Å². The number of imidazole rings is 1. The molecule has 0 amide bonds. The molecule has 2 aromatic carbocycles. The van der Waals surface area contributed by atoms with Crippen LogP contribution in [0.5, 0.6) is 0 Å². The number of phosphoric acid groups is 2. The number of benzene rings is 2. The predicted octanol–water partition coefficient (Wildman–Crippen LogP) is 4.02. The molecule has 8 atom stereocenters. The number of anilines is 1. The van der Waals surface area contributed by atoms with Crippen molar-refractivity contribution in [3.05, 3.63) is 78.1 Å². The number of aromatic nitrogens is 4. The number of nitrogen functional groups attached to an aromatic ring is 1. The first-order chi connectivity index (χ1) is 22.3. The fraction of sp³-hybridized carbons (Fsp3) is 0.346. The zero-order chi connectivity index (χ0) is 33.4. The summed E-state index contributed by atoms with van der Waals surface area (Å²) in [7, 11) is -15.8. The van der Waals surface area contributed by atoms with E-state index in [9.17, 15) is 28.4 Å². The number of rotatable bonds is 13. The Kier molecular flexibility index (Phi) is 10.1. The molecule has 6 rings (SSSR count). The van der Waals surface area contributed by atoms with E-state index in [0.717, 1.165) is 5.56 Å². The van der Waals surface area contributed by atoms with Crippen LogP contribution in [0.4, 0.5) is 5.82 Å². The third kappa shape index (κ3) is 8.20. The second kappa shape index (κ2) is 13.8. The maximum atomic E-state index is 12.8. The zero-order valence-electron chi connectivity index (χ0n) is 24.5. The summed E-state index contributed by atoms with van der Waals surface area (Å²) >= 11 is 1.27. The summed E-state index contributed by atoms with van der Waals surface area (Å²) < 4.78 is 71.7. The van der Waals surface area contributed by atoms with Crippen LogP contribution in [0.15, 0.2) is 72.1 Å². The Bertz CT molecular complexity index is 1870. The van der Waals surface area contributed by atoms with Gasteiger partial charge >= 0.3 is 23.2 Å². The molecule has 2 aliphatic heterocycles. The SMILES string of the molecule is CSc1nc(N)c2ncn([C@@H]3O[C@H](COP(=O)(O)OP(=O)(O)OP(=O)(O)Cc4ccccc4)[C@@H]4OC(Cc5ccccc5)OC43)c2n1. The highest BCUT2D eigenvalue weighted by Gasteiger charge is 2.54. The van der Waals surface area contributed by atoms with Gasteiger partial charge in [0.05, 0.1) is 19.1 Å². The van der Waals surface area contributed by atoms with Gasteiger partial charge in [-0.05, 0) is 17.4 Å². The van der Waals surface area contributed by atoms with Crippen molar-refractivity contribution < 1.29 is 55.7 Å². The van der Waals surface area contributed by atoms with E-state index in [2.05, 4.69) is 23.6 Å². The van der Waals surface area contributed by atoms with Crippen molar-refractivity contribution in [1.29, 1.82) is 0 Å². The standard InChI is InChI=1S/C26H30N5O12P3S/c1-47-26-29-23(27)20-24(30-26)31(15-28-20)25-22-21(40-19(41-22)12-16-8-4-2-5-9-16)18(39-25)13-38-45(34,35)43-46(36,37)42-44(32,33)14-17-10-6-3-7-11-17/h2-11,15,18-19,21-22,25H,12-14H2,1H3,(H,32,33)(H,34,35)(H,36,37)(H2,27,29,30)/t18-,19?,21+,22?,25-/m1/s1. The molecule has 2 aromatic heterocycles. The van der Waals surface area contributed by atoms with Gasteiger partial charge in [-0.1, -0.05) is 72.4 Å². The number of phosphoric ester groups is 1. The number of ether oxygens (including phenoxy) is 3. The topological polar surface area (TPSA) is 237 Å². The maximum Gasteiger partial charge on any atom is 0.488 e. The van der Waals surface area contributed by atoms with Gasteiger partial charge in [-0.3, -0.25) is 13.7 Å². The van der Waals surface area contributed by atoms with E-state index in [-0.39, 0.29) is 5.82 Å². The van der Waals surface area contributed by atoms with Gasteiger partial charge in [0.1, 0.15) is 23.8 Å². The van der Waals surface area contributed by atoms with Gasteiger partial charge in [-0.2, -0.15) is 4.31 Å². The highest BCUT2D eigenvalue weighted by atomic mass is 32.2. The monoisotopic (exact) mass is 729 g/mol. The van der Waals surface area contributed by atoms with Gasteiger partial charge in [0, 0.05) is 6.42 Å². The molecule has 5 N–H and O–H groups in total. The Morgan fingerprint density at radius 1 is 0.894 bits per heavy atom. The molecule has 252 valence electrons. The molecule has 0 aliphatic carbocycles. The van der Waals surface area contributed by atoms with Gasteiger partial charge in [0.25, 0.3) is 0 Å². The molecule has 0 bridgehead atoms. The Hall–Kier alpha value is -2.53. The van der Waals surface area contributed by atoms with Crippen LogP contribution in [0.25, 0.3) is 11.2 Å². The van der Waals surface area contributed by atoms with E-state index in [4.69, 9.17) is 24.5 Å². The lowest BCUT2D eigenvalue weighted by Crippen LogP contribution is -2.31. The lowest BCUT2D eigenvalue weighted by Gasteiger charge is -2.22. The molecule has 2 fully saturated rings. The summed E-state index contributed by atoms with van der Waals surface area (Å²) in [6, 6.07) is 17.3. The predicted molar refractivity (Wildman–Crippen MR) is 167 cm³/mol. The van der Waals surface area contributed by atoms with Crippen LogP contribution in [0.2, 0.25) is 0 Å². The van der Waals surface area contributed by atoms with Gasteiger partial charge in [0.2, 0.25) is 0 Å². The van der Waals surface area contributed by atoms with E-state index in [0.29, 0.717) is 28.3 Å². The minimum atomic E-state index is -5.58. The van der Waals surface area contributed by atoms with Crippen LogP contribution in [0, 0.1) is 0 Å². The maximum absolute atomic E-state index is 12.8. The summed E-state index contributed by atoms with van der Waals surface area (Å²) in [5.74, 6) is 0.156. The van der Waals surface area contributed by atoms with Crippen LogP contribution in [-0.4, -0.2) is 71.7 Å². The fourth-order valence-corrected chi connectivity index (χ4v) is 9.71. The summed E-state index contributed by atoms with van der Waals surface area (Å²) in [6.45, 7) is -0.687. The normalized spacial score (nSPS) is 26.4. The summed E-state index contributed by atoms with van der Waals surface area (Å²) in [4.78, 5) is 43.5. The quantitative estimate of drug-likeness (QED) is 0.0863. The molecule has 21 heteroatoms. The number of fused-ring (bicyclic) bond motifs is 2. The third-order valence-corrected chi connectivity index (χ3v) is 12.4. The van der Waals surface area contributed by atoms with Crippen molar-refractivity contribution in [1.82, 2.24) is 19.5 Å². The average Bonchev–Trinajstić information content (AvgIpc) is 3.69. The Morgan fingerprint density at radius 3 is 2.23 bits per heavy atom. The Labute approximate surface area is 272 Å². The molecular formula is C26H30N5O12P3S. The van der Waals surface area contributed by atoms with E-state index in [1.54, 1.807) is 29.0 Å².